The molecule has 0 fully saturated rings. The predicted octanol–water partition coefficient (Wildman–Crippen LogP) is 2.75. The van der Waals surface area contributed by atoms with Gasteiger partial charge < -0.3 is 10.5 Å². The highest BCUT2D eigenvalue weighted by molar-refractivity contribution is 5.98. The van der Waals surface area contributed by atoms with Gasteiger partial charge in [0.1, 0.15) is 5.75 Å². The molecule has 5 heteroatoms. The number of aliphatic imine (C=N–C) groups is 1. The molecule has 0 saturated carbocycles. The zero-order valence-corrected chi connectivity index (χ0v) is 14.1. The van der Waals surface area contributed by atoms with Gasteiger partial charge in [0, 0.05) is 12.6 Å². The second-order valence-electron chi connectivity index (χ2n) is 6.15. The topological polar surface area (TPSA) is 67.9 Å². The number of methoxy groups -OCH3 is 1. The summed E-state index contributed by atoms with van der Waals surface area (Å²) in [7, 11) is 3.30. The molecule has 5 nitrogen and oxygen atoms in total. The Labute approximate surface area is 141 Å². The van der Waals surface area contributed by atoms with Crippen LogP contribution in [0.15, 0.2) is 53.5 Å². The van der Waals surface area contributed by atoms with Gasteiger partial charge in [-0.15, -0.1) is 0 Å². The van der Waals surface area contributed by atoms with Crippen LogP contribution in [-0.4, -0.2) is 30.9 Å². The number of hydrogen-bond acceptors (Lipinski definition) is 4. The summed E-state index contributed by atoms with van der Waals surface area (Å²) in [6.07, 6.45) is 0.291. The van der Waals surface area contributed by atoms with E-state index in [1.54, 1.807) is 14.2 Å². The first-order valence-corrected chi connectivity index (χ1v) is 7.80. The lowest BCUT2D eigenvalue weighted by atomic mass is 9.86. The van der Waals surface area contributed by atoms with Gasteiger partial charge in [0.05, 0.1) is 19.1 Å². The molecule has 2 N–H and O–H groups in total. The molecule has 0 saturated heterocycles. The molecule has 0 aromatic heterocycles. The molecule has 0 spiro atoms. The van der Waals surface area contributed by atoms with Crippen LogP contribution in [0.1, 0.15) is 18.9 Å². The lowest BCUT2D eigenvalue weighted by Gasteiger charge is -2.33. The van der Waals surface area contributed by atoms with Crippen molar-refractivity contribution in [2.45, 2.75) is 18.9 Å². The number of carbonyl (C=O) groups is 1. The maximum atomic E-state index is 12.2. The van der Waals surface area contributed by atoms with Crippen LogP contribution in [0.2, 0.25) is 0 Å². The SMILES string of the molecule is COc1ccccc1-c1cccc(C2(C)CC(=O)N(C)C(N)=N2)c1. The second-order valence-corrected chi connectivity index (χ2v) is 6.15. The van der Waals surface area contributed by atoms with Crippen molar-refractivity contribution in [3.63, 3.8) is 0 Å². The van der Waals surface area contributed by atoms with Gasteiger partial charge in [-0.1, -0.05) is 36.4 Å². The molecule has 3 rings (SSSR count). The van der Waals surface area contributed by atoms with Crippen molar-refractivity contribution in [1.82, 2.24) is 4.90 Å². The molecule has 1 aliphatic heterocycles. The van der Waals surface area contributed by atoms with Crippen LogP contribution in [0.25, 0.3) is 11.1 Å². The zero-order chi connectivity index (χ0) is 17.3. The summed E-state index contributed by atoms with van der Waals surface area (Å²) in [6.45, 7) is 1.94. The molecule has 1 atom stereocenters. The second kappa shape index (κ2) is 6.00. The van der Waals surface area contributed by atoms with Gasteiger partial charge >= 0.3 is 0 Å². The Kier molecular flexibility index (Phi) is 4.01. The minimum atomic E-state index is -0.661. The first kappa shape index (κ1) is 16.1. The van der Waals surface area contributed by atoms with Crippen molar-refractivity contribution in [3.8, 4) is 16.9 Å². The monoisotopic (exact) mass is 323 g/mol. The van der Waals surface area contributed by atoms with Crippen molar-refractivity contribution in [2.24, 2.45) is 10.7 Å². The van der Waals surface area contributed by atoms with Gasteiger partial charge in [-0.25, -0.2) is 4.99 Å². The Morgan fingerprint density at radius 1 is 1.21 bits per heavy atom. The molecular formula is C19H21N3O2. The summed E-state index contributed by atoms with van der Waals surface area (Å²) >= 11 is 0. The normalized spacial score (nSPS) is 20.7. The van der Waals surface area contributed by atoms with E-state index in [4.69, 9.17) is 10.5 Å². The van der Waals surface area contributed by atoms with Crippen LogP contribution in [0, 0.1) is 0 Å². The van der Waals surface area contributed by atoms with E-state index in [9.17, 15) is 4.79 Å². The molecule has 2 aromatic carbocycles. The van der Waals surface area contributed by atoms with Crippen LogP contribution < -0.4 is 10.5 Å². The predicted molar refractivity (Wildman–Crippen MR) is 94.8 cm³/mol. The van der Waals surface area contributed by atoms with Crippen molar-refractivity contribution in [3.05, 3.63) is 54.1 Å². The number of carbonyl (C=O) groups excluding carboxylic acids is 1. The number of amides is 1. The van der Waals surface area contributed by atoms with Crippen molar-refractivity contribution >= 4 is 11.9 Å². The summed E-state index contributed by atoms with van der Waals surface area (Å²) < 4.78 is 5.45. The first-order chi connectivity index (χ1) is 11.4. The van der Waals surface area contributed by atoms with Crippen LogP contribution in [0.3, 0.4) is 0 Å². The summed E-state index contributed by atoms with van der Waals surface area (Å²) in [6, 6.07) is 15.9. The lowest BCUT2D eigenvalue weighted by molar-refractivity contribution is -0.128. The zero-order valence-electron chi connectivity index (χ0n) is 14.1. The summed E-state index contributed by atoms with van der Waals surface area (Å²) in [5, 5.41) is 0. The number of hydrogen-bond donors (Lipinski definition) is 1. The molecule has 1 heterocycles. The molecule has 0 radical (unpaired) electrons. The van der Waals surface area contributed by atoms with Crippen LogP contribution in [0.5, 0.6) is 5.75 Å². The first-order valence-electron chi connectivity index (χ1n) is 7.80. The third kappa shape index (κ3) is 2.73. The average molecular weight is 323 g/mol. The van der Waals surface area contributed by atoms with Crippen LogP contribution in [0.4, 0.5) is 0 Å². The number of nitrogens with zero attached hydrogens (tertiary/aromatic N) is 2. The van der Waals surface area contributed by atoms with Gasteiger partial charge in [0.25, 0.3) is 0 Å². The van der Waals surface area contributed by atoms with E-state index in [1.807, 2.05) is 55.5 Å². The molecule has 0 bridgehead atoms. The molecule has 1 aliphatic rings. The van der Waals surface area contributed by atoms with E-state index in [1.165, 1.54) is 4.90 Å². The average Bonchev–Trinajstić information content (AvgIpc) is 2.59. The quantitative estimate of drug-likeness (QED) is 0.944. The summed E-state index contributed by atoms with van der Waals surface area (Å²) in [5.74, 6) is 1.02. The fraction of sp³-hybridized carbons (Fsp3) is 0.263. The van der Waals surface area contributed by atoms with E-state index in [-0.39, 0.29) is 11.9 Å². The Morgan fingerprint density at radius 3 is 2.67 bits per heavy atom. The largest absolute Gasteiger partial charge is 0.496 e. The third-order valence-electron chi connectivity index (χ3n) is 4.48. The number of benzene rings is 2. The fourth-order valence-corrected chi connectivity index (χ4v) is 2.98. The van der Waals surface area contributed by atoms with Crippen molar-refractivity contribution < 1.29 is 9.53 Å². The summed E-state index contributed by atoms with van der Waals surface area (Å²) in [4.78, 5) is 18.2. The van der Waals surface area contributed by atoms with Gasteiger partial charge in [-0.2, -0.15) is 0 Å². The number of para-hydroxylation sites is 1. The van der Waals surface area contributed by atoms with Gasteiger partial charge in [-0.05, 0) is 30.2 Å². The lowest BCUT2D eigenvalue weighted by Crippen LogP contribution is -2.47. The van der Waals surface area contributed by atoms with E-state index in [0.717, 1.165) is 22.4 Å². The number of guanidine groups is 1. The van der Waals surface area contributed by atoms with Crippen LogP contribution in [-0.2, 0) is 10.3 Å². The Balaban J connectivity index is 2.07. The molecule has 2 aromatic rings. The summed E-state index contributed by atoms with van der Waals surface area (Å²) in [5.41, 5.74) is 8.23. The molecular weight excluding hydrogens is 302 g/mol. The Hall–Kier alpha value is -2.82. The molecule has 0 aliphatic carbocycles. The van der Waals surface area contributed by atoms with E-state index in [0.29, 0.717) is 6.42 Å². The van der Waals surface area contributed by atoms with Crippen molar-refractivity contribution in [2.75, 3.05) is 14.2 Å². The maximum absolute atomic E-state index is 12.2. The van der Waals surface area contributed by atoms with E-state index in [2.05, 4.69) is 4.99 Å². The van der Waals surface area contributed by atoms with Crippen LogP contribution >= 0.6 is 0 Å². The van der Waals surface area contributed by atoms with Gasteiger partial charge in [0.2, 0.25) is 5.91 Å². The number of ether oxygens (including phenoxy) is 1. The van der Waals surface area contributed by atoms with E-state index >= 15 is 0 Å². The minimum Gasteiger partial charge on any atom is -0.496 e. The highest BCUT2D eigenvalue weighted by atomic mass is 16.5. The number of nitrogens with two attached hydrogens (primary N) is 1. The minimum absolute atomic E-state index is 0.0345. The number of rotatable bonds is 3. The molecule has 124 valence electrons. The Bertz CT molecular complexity index is 816. The fourth-order valence-electron chi connectivity index (χ4n) is 2.98. The van der Waals surface area contributed by atoms with E-state index < -0.39 is 5.54 Å². The highest BCUT2D eigenvalue weighted by Gasteiger charge is 2.36. The maximum Gasteiger partial charge on any atom is 0.231 e. The van der Waals surface area contributed by atoms with Gasteiger partial charge in [-0.3, -0.25) is 9.69 Å². The highest BCUT2D eigenvalue weighted by Crippen LogP contribution is 2.36. The molecule has 24 heavy (non-hydrogen) atoms. The van der Waals surface area contributed by atoms with Crippen molar-refractivity contribution in [1.29, 1.82) is 0 Å². The standard InChI is InChI=1S/C19H21N3O2/c1-19(12-17(23)22(2)18(20)21-19)14-8-6-7-13(11-14)15-9-4-5-10-16(15)24-3/h4-11H,12H2,1-3H3,(H2,20,21). The third-order valence-corrected chi connectivity index (χ3v) is 4.48. The molecule has 1 amide bonds. The Morgan fingerprint density at radius 2 is 1.96 bits per heavy atom. The van der Waals surface area contributed by atoms with Gasteiger partial charge in [0.15, 0.2) is 5.96 Å². The smallest absolute Gasteiger partial charge is 0.231 e. The molecule has 1 unspecified atom stereocenters.